The normalized spacial score (nSPS) is 23.0. The number of ether oxygens (including phenoxy) is 1. The zero-order chi connectivity index (χ0) is 24.2. The molecular formula is C23H31ClN10O2. The van der Waals surface area contributed by atoms with Gasteiger partial charge in [-0.25, -0.2) is 19.7 Å². The molecule has 2 saturated heterocycles. The van der Waals surface area contributed by atoms with Crippen molar-refractivity contribution in [2.45, 2.75) is 31.9 Å². The number of H-pyrrole nitrogens is 1. The van der Waals surface area contributed by atoms with Crippen molar-refractivity contribution in [3.8, 4) is 0 Å². The average Bonchev–Trinajstić information content (AvgIpc) is 3.44. The van der Waals surface area contributed by atoms with Crippen molar-refractivity contribution in [2.75, 3.05) is 54.5 Å². The summed E-state index contributed by atoms with van der Waals surface area (Å²) in [6.07, 6.45) is 5.59. The van der Waals surface area contributed by atoms with Gasteiger partial charge in [0.15, 0.2) is 22.8 Å². The van der Waals surface area contributed by atoms with Crippen LogP contribution in [0.3, 0.4) is 0 Å². The Labute approximate surface area is 215 Å². The van der Waals surface area contributed by atoms with Crippen LogP contribution in [0.15, 0.2) is 24.5 Å². The molecule has 0 saturated carbocycles. The van der Waals surface area contributed by atoms with Crippen molar-refractivity contribution in [2.24, 2.45) is 11.1 Å². The highest BCUT2D eigenvalue weighted by Crippen LogP contribution is 2.42. The van der Waals surface area contributed by atoms with Crippen LogP contribution < -0.4 is 25.8 Å². The van der Waals surface area contributed by atoms with Crippen LogP contribution in [-0.2, 0) is 4.74 Å². The topological polar surface area (TPSA) is 141 Å². The standard InChI is InChI=1S/C23H30N10O2.ClH/c1-14-18(24)23(13-35-14)5-8-31(9-6-23)16-12-27-17-19(28-16)29-30-21(17)33-11-10-32(22(34)25-2)15-4-3-7-26-20(15)33;/h3-4,7,12,14,18H,5-6,8-11,13,24H2,1-2H3,(H,25,34)(H,28,29,30);1H/t14-,18+;/m0./s1. The SMILES string of the molecule is CNC(=O)N1CCN(c2n[nH]c3nc(N4CCC5(CC4)CO[C@@H](C)[C@H]5N)cnc23)c2ncccc21.Cl. The lowest BCUT2D eigenvalue weighted by Crippen LogP contribution is -2.50. The predicted octanol–water partition coefficient (Wildman–Crippen LogP) is 1.80. The highest BCUT2D eigenvalue weighted by Gasteiger charge is 2.47. The number of piperidine rings is 1. The van der Waals surface area contributed by atoms with E-state index in [-0.39, 0.29) is 36.0 Å². The number of amides is 2. The van der Waals surface area contributed by atoms with Gasteiger partial charge in [-0.2, -0.15) is 5.10 Å². The Kier molecular flexibility index (Phi) is 6.35. The number of hydrogen-bond acceptors (Lipinski definition) is 9. The molecule has 3 aliphatic rings. The molecule has 6 rings (SSSR count). The van der Waals surface area contributed by atoms with Crippen LogP contribution in [0.1, 0.15) is 19.8 Å². The van der Waals surface area contributed by atoms with Gasteiger partial charge in [-0.15, -0.1) is 12.4 Å². The molecule has 2 atom stereocenters. The molecule has 0 radical (unpaired) electrons. The van der Waals surface area contributed by atoms with E-state index in [0.29, 0.717) is 35.9 Å². The first-order valence-electron chi connectivity index (χ1n) is 12.1. The molecule has 0 aliphatic carbocycles. The molecule has 0 aromatic carbocycles. The van der Waals surface area contributed by atoms with E-state index in [9.17, 15) is 4.79 Å². The molecule has 13 heteroatoms. The van der Waals surface area contributed by atoms with E-state index in [1.807, 2.05) is 23.2 Å². The number of aromatic nitrogens is 5. The van der Waals surface area contributed by atoms with E-state index in [1.165, 1.54) is 0 Å². The first kappa shape index (κ1) is 24.5. The number of urea groups is 1. The molecule has 2 fully saturated rings. The predicted molar refractivity (Wildman–Crippen MR) is 139 cm³/mol. The number of nitrogens with zero attached hydrogens (tertiary/aromatic N) is 7. The van der Waals surface area contributed by atoms with Crippen molar-refractivity contribution in [1.29, 1.82) is 0 Å². The smallest absolute Gasteiger partial charge is 0.321 e. The van der Waals surface area contributed by atoms with Crippen molar-refractivity contribution in [3.05, 3.63) is 24.5 Å². The summed E-state index contributed by atoms with van der Waals surface area (Å²) in [6, 6.07) is 3.61. The van der Waals surface area contributed by atoms with Crippen molar-refractivity contribution < 1.29 is 9.53 Å². The molecule has 36 heavy (non-hydrogen) atoms. The van der Waals surface area contributed by atoms with Gasteiger partial charge < -0.3 is 25.6 Å². The molecule has 2 amide bonds. The quantitative estimate of drug-likeness (QED) is 0.466. The van der Waals surface area contributed by atoms with Gasteiger partial charge in [-0.3, -0.25) is 10.00 Å². The van der Waals surface area contributed by atoms with Gasteiger partial charge in [0.1, 0.15) is 5.82 Å². The summed E-state index contributed by atoms with van der Waals surface area (Å²) in [5.74, 6) is 2.13. The fourth-order valence-corrected chi connectivity index (χ4v) is 5.56. The monoisotopic (exact) mass is 514 g/mol. The lowest BCUT2D eigenvalue weighted by molar-refractivity contribution is 0.0974. The van der Waals surface area contributed by atoms with Crippen LogP contribution >= 0.6 is 12.4 Å². The highest BCUT2D eigenvalue weighted by molar-refractivity contribution is 5.98. The Morgan fingerprint density at radius 1 is 1.22 bits per heavy atom. The first-order valence-corrected chi connectivity index (χ1v) is 12.1. The number of nitrogens with one attached hydrogen (secondary N) is 2. The summed E-state index contributed by atoms with van der Waals surface area (Å²) in [4.78, 5) is 32.4. The number of nitrogens with two attached hydrogens (primary N) is 1. The second-order valence-electron chi connectivity index (χ2n) is 9.57. The third kappa shape index (κ3) is 3.80. The number of rotatable bonds is 2. The van der Waals surface area contributed by atoms with Crippen LogP contribution in [0.25, 0.3) is 11.2 Å². The molecule has 3 aromatic heterocycles. The molecule has 0 unspecified atom stereocenters. The van der Waals surface area contributed by atoms with Gasteiger partial charge in [0.25, 0.3) is 0 Å². The first-order chi connectivity index (χ1) is 17.0. The van der Waals surface area contributed by atoms with Gasteiger partial charge >= 0.3 is 6.03 Å². The minimum absolute atomic E-state index is 0. The minimum Gasteiger partial charge on any atom is -0.376 e. The summed E-state index contributed by atoms with van der Waals surface area (Å²) >= 11 is 0. The number of carbonyl (C=O) groups is 1. The molecule has 0 bridgehead atoms. The zero-order valence-electron chi connectivity index (χ0n) is 20.3. The lowest BCUT2D eigenvalue weighted by Gasteiger charge is -2.41. The maximum Gasteiger partial charge on any atom is 0.321 e. The Morgan fingerprint density at radius 2 is 2.03 bits per heavy atom. The summed E-state index contributed by atoms with van der Waals surface area (Å²) in [5.41, 5.74) is 8.55. The van der Waals surface area contributed by atoms with E-state index in [1.54, 1.807) is 18.1 Å². The zero-order valence-corrected chi connectivity index (χ0v) is 21.2. The van der Waals surface area contributed by atoms with Gasteiger partial charge in [0.2, 0.25) is 0 Å². The third-order valence-electron chi connectivity index (χ3n) is 7.74. The highest BCUT2D eigenvalue weighted by atomic mass is 35.5. The maximum atomic E-state index is 12.3. The average molecular weight is 515 g/mol. The van der Waals surface area contributed by atoms with Crippen molar-refractivity contribution in [1.82, 2.24) is 30.5 Å². The molecular weight excluding hydrogens is 484 g/mol. The Morgan fingerprint density at radius 3 is 2.75 bits per heavy atom. The van der Waals surface area contributed by atoms with Crippen LogP contribution in [0.5, 0.6) is 0 Å². The van der Waals surface area contributed by atoms with E-state index in [4.69, 9.17) is 20.4 Å². The van der Waals surface area contributed by atoms with Gasteiger partial charge in [-0.05, 0) is 31.9 Å². The Balaban J connectivity index is 0.00000267. The minimum atomic E-state index is -0.168. The number of anilines is 4. The number of halogens is 1. The fourth-order valence-electron chi connectivity index (χ4n) is 5.56. The summed E-state index contributed by atoms with van der Waals surface area (Å²) in [7, 11) is 1.62. The van der Waals surface area contributed by atoms with Crippen molar-refractivity contribution >= 4 is 52.7 Å². The number of hydrogen-bond donors (Lipinski definition) is 3. The van der Waals surface area contributed by atoms with E-state index >= 15 is 0 Å². The number of carbonyl (C=O) groups excluding carboxylic acids is 1. The van der Waals surface area contributed by atoms with E-state index < -0.39 is 0 Å². The molecule has 4 N–H and O–H groups in total. The second-order valence-corrected chi connectivity index (χ2v) is 9.57. The van der Waals surface area contributed by atoms with Gasteiger partial charge in [-0.1, -0.05) is 0 Å². The fraction of sp³-hybridized carbons (Fsp3) is 0.522. The van der Waals surface area contributed by atoms with Crippen LogP contribution in [0, 0.1) is 5.41 Å². The maximum absolute atomic E-state index is 12.3. The lowest BCUT2D eigenvalue weighted by atomic mass is 9.73. The number of aromatic amines is 1. The van der Waals surface area contributed by atoms with Crippen molar-refractivity contribution in [3.63, 3.8) is 0 Å². The largest absolute Gasteiger partial charge is 0.376 e. The van der Waals surface area contributed by atoms with E-state index in [0.717, 1.165) is 44.0 Å². The molecule has 12 nitrogen and oxygen atoms in total. The number of pyridine rings is 1. The van der Waals surface area contributed by atoms with E-state index in [2.05, 4.69) is 32.3 Å². The van der Waals surface area contributed by atoms with Crippen LogP contribution in [-0.4, -0.2) is 83.2 Å². The van der Waals surface area contributed by atoms with Crippen LogP contribution in [0.2, 0.25) is 0 Å². The second kappa shape index (κ2) is 9.34. The Bertz CT molecular complexity index is 1260. The molecule has 1 spiro atoms. The van der Waals surface area contributed by atoms with Gasteiger partial charge in [0, 0.05) is 50.9 Å². The summed E-state index contributed by atoms with van der Waals surface area (Å²) in [5, 5.41) is 10.3. The third-order valence-corrected chi connectivity index (χ3v) is 7.74. The molecule has 3 aromatic rings. The molecule has 3 aliphatic heterocycles. The number of fused-ring (bicyclic) bond motifs is 2. The Hall–Kier alpha value is -3.22. The summed E-state index contributed by atoms with van der Waals surface area (Å²) < 4.78 is 5.85. The van der Waals surface area contributed by atoms with Crippen LogP contribution in [0.4, 0.5) is 27.9 Å². The van der Waals surface area contributed by atoms with Gasteiger partial charge in [0.05, 0.1) is 24.6 Å². The molecule has 6 heterocycles. The summed E-state index contributed by atoms with van der Waals surface area (Å²) in [6.45, 7) is 5.56. The molecule has 192 valence electrons.